The summed E-state index contributed by atoms with van der Waals surface area (Å²) in [5.41, 5.74) is 7.28. The zero-order chi connectivity index (χ0) is 11.3. The van der Waals surface area contributed by atoms with Gasteiger partial charge in [0.05, 0.1) is 0 Å². The molecule has 88 valence electrons. The van der Waals surface area contributed by atoms with Gasteiger partial charge in [0.1, 0.15) is 0 Å². The van der Waals surface area contributed by atoms with E-state index in [1.165, 1.54) is 31.3 Å². The number of nitrogens with zero attached hydrogens (tertiary/aromatic N) is 1. The van der Waals surface area contributed by atoms with E-state index in [2.05, 4.69) is 25.3 Å². The van der Waals surface area contributed by atoms with Crippen LogP contribution in [-0.4, -0.2) is 30.1 Å². The summed E-state index contributed by atoms with van der Waals surface area (Å²) in [6.07, 6.45) is 6.03. The van der Waals surface area contributed by atoms with Gasteiger partial charge in [0.2, 0.25) is 0 Å². The first-order valence-corrected chi connectivity index (χ1v) is 6.33. The predicted molar refractivity (Wildman–Crippen MR) is 66.9 cm³/mol. The summed E-state index contributed by atoms with van der Waals surface area (Å²) in [6, 6.07) is 1.20. The Bertz CT molecular complexity index is 193. The zero-order valence-electron chi connectivity index (χ0n) is 10.3. The molecule has 1 saturated carbocycles. The monoisotopic (exact) mass is 210 g/mol. The van der Waals surface area contributed by atoms with Crippen LogP contribution in [0.25, 0.3) is 0 Å². The Morgan fingerprint density at radius 1 is 1.27 bits per heavy atom. The number of rotatable bonds is 5. The Morgan fingerprint density at radius 2 is 1.87 bits per heavy atom. The third kappa shape index (κ3) is 3.96. The molecule has 0 bridgehead atoms. The Kier molecular flexibility index (Phi) is 5.34. The van der Waals surface area contributed by atoms with Gasteiger partial charge < -0.3 is 5.73 Å². The number of hydrogen-bond donors (Lipinski definition) is 1. The Morgan fingerprint density at radius 3 is 2.33 bits per heavy atom. The highest BCUT2D eigenvalue weighted by molar-refractivity contribution is 4.97. The van der Waals surface area contributed by atoms with E-state index in [0.717, 1.165) is 25.6 Å². The fraction of sp³-hybridized carbons (Fsp3) is 0.846. The van der Waals surface area contributed by atoms with Crippen molar-refractivity contribution >= 4 is 0 Å². The van der Waals surface area contributed by atoms with Crippen molar-refractivity contribution in [1.29, 1.82) is 0 Å². The Balaban J connectivity index is 2.40. The second-order valence-electron chi connectivity index (χ2n) is 4.74. The topological polar surface area (TPSA) is 29.3 Å². The van der Waals surface area contributed by atoms with E-state index in [-0.39, 0.29) is 0 Å². The molecule has 0 radical (unpaired) electrons. The van der Waals surface area contributed by atoms with Crippen LogP contribution in [0.2, 0.25) is 0 Å². The van der Waals surface area contributed by atoms with Gasteiger partial charge in [-0.2, -0.15) is 0 Å². The van der Waals surface area contributed by atoms with Gasteiger partial charge in [0.15, 0.2) is 0 Å². The van der Waals surface area contributed by atoms with Gasteiger partial charge in [-0.1, -0.05) is 26.0 Å². The third-order valence-electron chi connectivity index (χ3n) is 3.59. The predicted octanol–water partition coefficient (Wildman–Crippen LogP) is 2.54. The van der Waals surface area contributed by atoms with Crippen LogP contribution >= 0.6 is 0 Å². The molecule has 0 aliphatic heterocycles. The molecule has 0 saturated heterocycles. The van der Waals surface area contributed by atoms with Crippen molar-refractivity contribution in [3.8, 4) is 0 Å². The maximum atomic E-state index is 5.93. The smallest absolute Gasteiger partial charge is 0.0192 e. The molecular weight excluding hydrogens is 184 g/mol. The van der Waals surface area contributed by atoms with Crippen LogP contribution < -0.4 is 5.73 Å². The quantitative estimate of drug-likeness (QED) is 0.707. The Labute approximate surface area is 94.5 Å². The van der Waals surface area contributed by atoms with Gasteiger partial charge >= 0.3 is 0 Å². The van der Waals surface area contributed by atoms with Crippen LogP contribution in [0.15, 0.2) is 12.2 Å². The van der Waals surface area contributed by atoms with Gasteiger partial charge in [-0.3, -0.25) is 4.90 Å². The maximum absolute atomic E-state index is 5.93. The molecule has 15 heavy (non-hydrogen) atoms. The summed E-state index contributed by atoms with van der Waals surface area (Å²) in [5.74, 6) is 0. The molecule has 0 amide bonds. The van der Waals surface area contributed by atoms with E-state index >= 15 is 0 Å². The summed E-state index contributed by atoms with van der Waals surface area (Å²) in [7, 11) is 0. The van der Waals surface area contributed by atoms with Gasteiger partial charge in [-0.05, 0) is 38.6 Å². The van der Waals surface area contributed by atoms with E-state index in [9.17, 15) is 0 Å². The van der Waals surface area contributed by atoms with Crippen molar-refractivity contribution in [2.24, 2.45) is 5.73 Å². The summed E-state index contributed by atoms with van der Waals surface area (Å²) < 4.78 is 0. The molecule has 1 aliphatic rings. The highest BCUT2D eigenvalue weighted by Gasteiger charge is 2.23. The van der Waals surface area contributed by atoms with Gasteiger partial charge in [0.25, 0.3) is 0 Å². The first-order valence-electron chi connectivity index (χ1n) is 6.33. The van der Waals surface area contributed by atoms with Crippen LogP contribution in [0.4, 0.5) is 0 Å². The van der Waals surface area contributed by atoms with E-state index < -0.39 is 0 Å². The van der Waals surface area contributed by atoms with Crippen LogP contribution in [0.3, 0.4) is 0 Å². The maximum Gasteiger partial charge on any atom is 0.0192 e. The number of nitrogens with two attached hydrogens (primary N) is 1. The van der Waals surface area contributed by atoms with E-state index in [4.69, 9.17) is 5.73 Å². The normalized spacial score (nSPS) is 26.9. The molecule has 0 aromatic carbocycles. The highest BCUT2D eigenvalue weighted by atomic mass is 15.1. The molecule has 2 N–H and O–H groups in total. The average Bonchev–Trinajstić information content (AvgIpc) is 2.27. The summed E-state index contributed by atoms with van der Waals surface area (Å²) >= 11 is 0. The van der Waals surface area contributed by atoms with Gasteiger partial charge in [-0.25, -0.2) is 0 Å². The van der Waals surface area contributed by atoms with E-state index in [1.54, 1.807) is 0 Å². The lowest BCUT2D eigenvalue weighted by molar-refractivity contribution is 0.168. The zero-order valence-corrected chi connectivity index (χ0v) is 10.3. The van der Waals surface area contributed by atoms with Crippen molar-refractivity contribution in [1.82, 2.24) is 4.90 Å². The lowest BCUT2D eigenvalue weighted by Gasteiger charge is -2.35. The van der Waals surface area contributed by atoms with Crippen molar-refractivity contribution in [2.45, 2.75) is 58.0 Å². The summed E-state index contributed by atoms with van der Waals surface area (Å²) in [4.78, 5) is 2.57. The van der Waals surface area contributed by atoms with E-state index in [0.29, 0.717) is 6.04 Å². The highest BCUT2D eigenvalue weighted by Crippen LogP contribution is 2.22. The molecule has 2 heteroatoms. The largest absolute Gasteiger partial charge is 0.328 e. The van der Waals surface area contributed by atoms with E-state index in [1.807, 2.05) is 0 Å². The molecular formula is C13H26N2. The van der Waals surface area contributed by atoms with Crippen LogP contribution in [0, 0.1) is 0 Å². The molecule has 0 spiro atoms. The fourth-order valence-corrected chi connectivity index (χ4v) is 2.36. The number of hydrogen-bond acceptors (Lipinski definition) is 2. The van der Waals surface area contributed by atoms with Crippen LogP contribution in [0.1, 0.15) is 46.0 Å². The van der Waals surface area contributed by atoms with Crippen molar-refractivity contribution in [3.05, 3.63) is 12.2 Å². The lowest BCUT2D eigenvalue weighted by atomic mass is 9.90. The lowest BCUT2D eigenvalue weighted by Crippen LogP contribution is -2.41. The Hall–Kier alpha value is -0.340. The second-order valence-corrected chi connectivity index (χ2v) is 4.74. The van der Waals surface area contributed by atoms with Gasteiger partial charge in [-0.15, -0.1) is 0 Å². The van der Waals surface area contributed by atoms with Crippen molar-refractivity contribution < 1.29 is 0 Å². The fourth-order valence-electron chi connectivity index (χ4n) is 2.36. The minimum absolute atomic E-state index is 0.453. The average molecular weight is 210 g/mol. The molecule has 0 aromatic heterocycles. The first-order chi connectivity index (χ1) is 7.17. The molecule has 1 rings (SSSR count). The molecule has 2 nitrogen and oxygen atoms in total. The first kappa shape index (κ1) is 12.7. The summed E-state index contributed by atoms with van der Waals surface area (Å²) in [5, 5.41) is 0. The molecule has 0 atom stereocenters. The molecule has 0 unspecified atom stereocenters. The SMILES string of the molecule is C=C(CC)CN(CC)C1CCC(N)CC1. The molecule has 0 heterocycles. The third-order valence-corrected chi connectivity index (χ3v) is 3.59. The van der Waals surface area contributed by atoms with Gasteiger partial charge in [0, 0.05) is 18.6 Å². The number of likely N-dealkylation sites (N-methyl/N-ethyl adjacent to an activating group) is 1. The molecule has 1 aliphatic carbocycles. The molecule has 0 aromatic rings. The van der Waals surface area contributed by atoms with Crippen molar-refractivity contribution in [2.75, 3.05) is 13.1 Å². The minimum atomic E-state index is 0.453. The standard InChI is InChI=1S/C13H26N2/c1-4-11(3)10-15(5-2)13-8-6-12(14)7-9-13/h12-13H,3-10,14H2,1-2H3. The summed E-state index contributed by atoms with van der Waals surface area (Å²) in [6.45, 7) is 10.8. The van der Waals surface area contributed by atoms with Crippen molar-refractivity contribution in [3.63, 3.8) is 0 Å². The second kappa shape index (κ2) is 6.29. The van der Waals surface area contributed by atoms with Crippen LogP contribution in [0.5, 0.6) is 0 Å². The molecule has 1 fully saturated rings. The van der Waals surface area contributed by atoms with Crippen LogP contribution in [-0.2, 0) is 0 Å². The minimum Gasteiger partial charge on any atom is -0.328 e.